The van der Waals surface area contributed by atoms with Crippen molar-refractivity contribution in [1.82, 2.24) is 5.32 Å². The summed E-state index contributed by atoms with van der Waals surface area (Å²) in [6.45, 7) is 4.34. The summed E-state index contributed by atoms with van der Waals surface area (Å²) >= 11 is 3.41. The summed E-state index contributed by atoms with van der Waals surface area (Å²) in [6.07, 6.45) is 0. The Kier molecular flexibility index (Phi) is 4.96. The van der Waals surface area contributed by atoms with Crippen LogP contribution < -0.4 is 5.32 Å². The zero-order chi connectivity index (χ0) is 12.1. The largest absolute Gasteiger partial charge is 0.383 e. The number of hydrogen-bond acceptors (Lipinski definition) is 2. The van der Waals surface area contributed by atoms with Gasteiger partial charge in [-0.1, -0.05) is 22.0 Å². The smallest absolute Gasteiger partial charge is 0.251 e. The molecule has 0 aliphatic carbocycles. The van der Waals surface area contributed by atoms with E-state index in [-0.39, 0.29) is 11.9 Å². The molecule has 0 saturated heterocycles. The van der Waals surface area contributed by atoms with Crippen LogP contribution in [0.4, 0.5) is 0 Å². The SMILES string of the molecule is COCC(C)NC(=O)c1cccc(Br)c1C. The molecule has 16 heavy (non-hydrogen) atoms. The van der Waals surface area contributed by atoms with E-state index in [0.717, 1.165) is 10.0 Å². The zero-order valence-corrected chi connectivity index (χ0v) is 11.3. The summed E-state index contributed by atoms with van der Waals surface area (Å²) < 4.78 is 5.91. The maximum atomic E-state index is 11.9. The van der Waals surface area contributed by atoms with E-state index in [0.29, 0.717) is 12.2 Å². The molecule has 0 aliphatic rings. The quantitative estimate of drug-likeness (QED) is 0.923. The van der Waals surface area contributed by atoms with Crippen LogP contribution in [0.3, 0.4) is 0 Å². The minimum absolute atomic E-state index is 0.0101. The Bertz CT molecular complexity index is 379. The van der Waals surface area contributed by atoms with E-state index >= 15 is 0 Å². The van der Waals surface area contributed by atoms with Crippen LogP contribution >= 0.6 is 15.9 Å². The average Bonchev–Trinajstić information content (AvgIpc) is 2.22. The molecule has 1 unspecified atom stereocenters. The van der Waals surface area contributed by atoms with Gasteiger partial charge in [-0.05, 0) is 31.5 Å². The fourth-order valence-corrected chi connectivity index (χ4v) is 1.81. The predicted molar refractivity (Wildman–Crippen MR) is 67.7 cm³/mol. The monoisotopic (exact) mass is 285 g/mol. The van der Waals surface area contributed by atoms with Crippen molar-refractivity contribution < 1.29 is 9.53 Å². The van der Waals surface area contributed by atoms with E-state index < -0.39 is 0 Å². The molecular weight excluding hydrogens is 270 g/mol. The van der Waals surface area contributed by atoms with Crippen LogP contribution in [0.25, 0.3) is 0 Å². The van der Waals surface area contributed by atoms with Crippen LogP contribution in [0.1, 0.15) is 22.8 Å². The van der Waals surface area contributed by atoms with E-state index in [2.05, 4.69) is 21.2 Å². The Morgan fingerprint density at radius 2 is 2.25 bits per heavy atom. The van der Waals surface area contributed by atoms with Gasteiger partial charge in [0.05, 0.1) is 6.61 Å². The second-order valence-electron chi connectivity index (χ2n) is 3.74. The van der Waals surface area contributed by atoms with E-state index in [1.807, 2.05) is 32.0 Å². The second-order valence-corrected chi connectivity index (χ2v) is 4.60. The Morgan fingerprint density at radius 3 is 2.88 bits per heavy atom. The first kappa shape index (κ1) is 13.2. The first-order valence-corrected chi connectivity index (χ1v) is 5.90. The summed E-state index contributed by atoms with van der Waals surface area (Å²) in [4.78, 5) is 11.9. The van der Waals surface area contributed by atoms with E-state index in [4.69, 9.17) is 4.74 Å². The number of carbonyl (C=O) groups is 1. The van der Waals surface area contributed by atoms with Crippen molar-refractivity contribution >= 4 is 21.8 Å². The Balaban J connectivity index is 2.77. The number of methoxy groups -OCH3 is 1. The fourth-order valence-electron chi connectivity index (χ4n) is 1.45. The van der Waals surface area contributed by atoms with Gasteiger partial charge in [0, 0.05) is 23.2 Å². The number of benzene rings is 1. The molecule has 0 radical (unpaired) electrons. The highest BCUT2D eigenvalue weighted by atomic mass is 79.9. The van der Waals surface area contributed by atoms with Crippen molar-refractivity contribution in [1.29, 1.82) is 0 Å². The summed E-state index contributed by atoms with van der Waals surface area (Å²) in [7, 11) is 1.62. The maximum Gasteiger partial charge on any atom is 0.251 e. The van der Waals surface area contributed by atoms with Gasteiger partial charge in [0.1, 0.15) is 0 Å². The number of halogens is 1. The molecule has 0 bridgehead atoms. The van der Waals surface area contributed by atoms with Crippen LogP contribution in [0, 0.1) is 6.92 Å². The highest BCUT2D eigenvalue weighted by molar-refractivity contribution is 9.10. The molecular formula is C12H16BrNO2. The van der Waals surface area contributed by atoms with Crippen LogP contribution in [0.2, 0.25) is 0 Å². The van der Waals surface area contributed by atoms with Crippen LogP contribution in [-0.4, -0.2) is 25.7 Å². The maximum absolute atomic E-state index is 11.9. The molecule has 1 atom stereocenters. The van der Waals surface area contributed by atoms with E-state index in [1.54, 1.807) is 7.11 Å². The molecule has 1 aromatic rings. The summed E-state index contributed by atoms with van der Waals surface area (Å²) in [5.41, 5.74) is 1.64. The summed E-state index contributed by atoms with van der Waals surface area (Å²) in [6, 6.07) is 5.60. The number of amides is 1. The van der Waals surface area contributed by atoms with E-state index in [9.17, 15) is 4.79 Å². The number of carbonyl (C=O) groups excluding carboxylic acids is 1. The normalized spacial score (nSPS) is 12.2. The van der Waals surface area contributed by atoms with Gasteiger partial charge in [0.15, 0.2) is 0 Å². The molecule has 4 heteroatoms. The number of hydrogen-bond donors (Lipinski definition) is 1. The molecule has 1 rings (SSSR count). The third kappa shape index (κ3) is 3.32. The van der Waals surface area contributed by atoms with Gasteiger partial charge in [-0.2, -0.15) is 0 Å². The molecule has 1 amide bonds. The summed E-state index contributed by atoms with van der Waals surface area (Å²) in [5.74, 6) is -0.0663. The van der Waals surface area contributed by atoms with Crippen molar-refractivity contribution in [2.24, 2.45) is 0 Å². The lowest BCUT2D eigenvalue weighted by atomic mass is 10.1. The van der Waals surface area contributed by atoms with Crippen LogP contribution in [0.15, 0.2) is 22.7 Å². The Labute approximate surface area is 104 Å². The highest BCUT2D eigenvalue weighted by Gasteiger charge is 2.12. The molecule has 0 spiro atoms. The molecule has 0 saturated carbocycles. The predicted octanol–water partition coefficient (Wildman–Crippen LogP) is 2.52. The van der Waals surface area contributed by atoms with Gasteiger partial charge >= 0.3 is 0 Å². The minimum atomic E-state index is -0.0663. The number of nitrogens with one attached hydrogen (secondary N) is 1. The molecule has 1 aromatic carbocycles. The lowest BCUT2D eigenvalue weighted by molar-refractivity contribution is 0.0905. The molecule has 0 fully saturated rings. The lowest BCUT2D eigenvalue weighted by Crippen LogP contribution is -2.35. The standard InChI is InChI=1S/C12H16BrNO2/c1-8(7-16-3)14-12(15)10-5-4-6-11(13)9(10)2/h4-6,8H,7H2,1-3H3,(H,14,15). The Hall–Kier alpha value is -0.870. The van der Waals surface area contributed by atoms with Crippen molar-refractivity contribution in [3.05, 3.63) is 33.8 Å². The first-order valence-electron chi connectivity index (χ1n) is 5.11. The molecule has 0 aromatic heterocycles. The van der Waals surface area contributed by atoms with Crippen LogP contribution in [-0.2, 0) is 4.74 Å². The Morgan fingerprint density at radius 1 is 1.56 bits per heavy atom. The summed E-state index contributed by atoms with van der Waals surface area (Å²) in [5, 5.41) is 2.88. The number of rotatable bonds is 4. The van der Waals surface area contributed by atoms with Gasteiger partial charge in [-0.25, -0.2) is 0 Å². The topological polar surface area (TPSA) is 38.3 Å². The fraction of sp³-hybridized carbons (Fsp3) is 0.417. The van der Waals surface area contributed by atoms with E-state index in [1.165, 1.54) is 0 Å². The zero-order valence-electron chi connectivity index (χ0n) is 9.71. The third-order valence-electron chi connectivity index (χ3n) is 2.31. The second kappa shape index (κ2) is 6.01. The van der Waals surface area contributed by atoms with Crippen molar-refractivity contribution in [3.8, 4) is 0 Å². The lowest BCUT2D eigenvalue weighted by Gasteiger charge is -2.14. The van der Waals surface area contributed by atoms with Gasteiger partial charge in [-0.15, -0.1) is 0 Å². The van der Waals surface area contributed by atoms with Crippen LogP contribution in [0.5, 0.6) is 0 Å². The minimum Gasteiger partial charge on any atom is -0.383 e. The van der Waals surface area contributed by atoms with Crippen molar-refractivity contribution in [3.63, 3.8) is 0 Å². The molecule has 88 valence electrons. The van der Waals surface area contributed by atoms with Gasteiger partial charge in [-0.3, -0.25) is 4.79 Å². The molecule has 3 nitrogen and oxygen atoms in total. The first-order chi connectivity index (χ1) is 7.56. The highest BCUT2D eigenvalue weighted by Crippen LogP contribution is 2.19. The molecule has 1 N–H and O–H groups in total. The molecule has 0 heterocycles. The van der Waals surface area contributed by atoms with Gasteiger partial charge in [0.2, 0.25) is 0 Å². The van der Waals surface area contributed by atoms with Gasteiger partial charge in [0.25, 0.3) is 5.91 Å². The average molecular weight is 286 g/mol. The van der Waals surface area contributed by atoms with Crippen molar-refractivity contribution in [2.75, 3.05) is 13.7 Å². The number of ether oxygens (including phenoxy) is 1. The third-order valence-corrected chi connectivity index (χ3v) is 3.17. The van der Waals surface area contributed by atoms with Gasteiger partial charge < -0.3 is 10.1 Å². The van der Waals surface area contributed by atoms with Crippen molar-refractivity contribution in [2.45, 2.75) is 19.9 Å². The molecule has 0 aliphatic heterocycles.